The smallest absolute Gasteiger partial charge is 0.489 e. The molecule has 0 unspecified atom stereocenters. The minimum absolute atomic E-state index is 0.0729. The van der Waals surface area contributed by atoms with E-state index >= 15 is 0 Å². The summed E-state index contributed by atoms with van der Waals surface area (Å²) >= 11 is 0. The van der Waals surface area contributed by atoms with Crippen LogP contribution < -0.4 is 10.2 Å². The Bertz CT molecular complexity index is 576. The standard InChI is InChI=1S/C13H11BF2O3/c15-10-2-1-3-11(7-10)19-8-9-4-5-13(16)12(6-9)14(17)18/h1-7,17-18H,8H2. The molecule has 2 aromatic carbocycles. The van der Waals surface area contributed by atoms with E-state index in [0.29, 0.717) is 11.3 Å². The zero-order valence-corrected chi connectivity index (χ0v) is 9.88. The van der Waals surface area contributed by atoms with Crippen molar-refractivity contribution in [3.63, 3.8) is 0 Å². The highest BCUT2D eigenvalue weighted by Gasteiger charge is 2.16. The average molecular weight is 264 g/mol. The molecule has 0 radical (unpaired) electrons. The van der Waals surface area contributed by atoms with Crippen LogP contribution >= 0.6 is 0 Å². The Morgan fingerprint density at radius 3 is 2.53 bits per heavy atom. The van der Waals surface area contributed by atoms with Crippen LogP contribution in [0.3, 0.4) is 0 Å². The molecule has 0 aliphatic carbocycles. The molecule has 2 aromatic rings. The molecule has 0 aliphatic heterocycles. The van der Waals surface area contributed by atoms with Gasteiger partial charge in [-0.2, -0.15) is 0 Å². The monoisotopic (exact) mass is 264 g/mol. The Balaban J connectivity index is 2.09. The Hall–Kier alpha value is -1.92. The molecule has 0 aromatic heterocycles. The molecule has 0 heterocycles. The number of hydrogen-bond donors (Lipinski definition) is 2. The number of rotatable bonds is 4. The summed E-state index contributed by atoms with van der Waals surface area (Å²) in [5.41, 5.74) is 0.328. The third-order valence-electron chi connectivity index (χ3n) is 2.54. The van der Waals surface area contributed by atoms with Crippen molar-refractivity contribution in [2.75, 3.05) is 0 Å². The van der Waals surface area contributed by atoms with Gasteiger partial charge in [-0.3, -0.25) is 0 Å². The molecule has 2 rings (SSSR count). The lowest BCUT2D eigenvalue weighted by molar-refractivity contribution is 0.304. The fourth-order valence-electron chi connectivity index (χ4n) is 1.60. The molecule has 2 N–H and O–H groups in total. The van der Waals surface area contributed by atoms with E-state index in [1.807, 2.05) is 0 Å². The summed E-state index contributed by atoms with van der Waals surface area (Å²) in [4.78, 5) is 0. The van der Waals surface area contributed by atoms with Crippen molar-refractivity contribution in [1.82, 2.24) is 0 Å². The second-order valence-electron chi connectivity index (χ2n) is 3.98. The van der Waals surface area contributed by atoms with E-state index in [-0.39, 0.29) is 12.1 Å². The van der Waals surface area contributed by atoms with E-state index in [4.69, 9.17) is 14.8 Å². The number of ether oxygens (including phenoxy) is 1. The highest BCUT2D eigenvalue weighted by molar-refractivity contribution is 6.58. The second kappa shape index (κ2) is 5.82. The van der Waals surface area contributed by atoms with Gasteiger partial charge in [-0.25, -0.2) is 8.78 Å². The van der Waals surface area contributed by atoms with E-state index < -0.39 is 18.8 Å². The lowest BCUT2D eigenvalue weighted by atomic mass is 9.79. The molecule has 3 nitrogen and oxygen atoms in total. The summed E-state index contributed by atoms with van der Waals surface area (Å²) in [7, 11) is -1.88. The first kappa shape index (κ1) is 13.5. The number of hydrogen-bond acceptors (Lipinski definition) is 3. The van der Waals surface area contributed by atoms with Crippen molar-refractivity contribution in [3.8, 4) is 5.75 Å². The van der Waals surface area contributed by atoms with Crippen LogP contribution in [-0.2, 0) is 6.61 Å². The third kappa shape index (κ3) is 3.53. The topological polar surface area (TPSA) is 49.7 Å². The summed E-state index contributed by atoms with van der Waals surface area (Å²) in [6.45, 7) is 0.0729. The van der Waals surface area contributed by atoms with E-state index in [1.165, 1.54) is 30.3 Å². The number of benzene rings is 2. The van der Waals surface area contributed by atoms with Crippen LogP contribution in [0.4, 0.5) is 8.78 Å². The van der Waals surface area contributed by atoms with E-state index in [0.717, 1.165) is 6.07 Å². The highest BCUT2D eigenvalue weighted by atomic mass is 19.1. The van der Waals surface area contributed by atoms with E-state index in [2.05, 4.69) is 0 Å². The van der Waals surface area contributed by atoms with Crippen LogP contribution in [0.5, 0.6) is 5.75 Å². The molecule has 0 saturated carbocycles. The molecule has 0 atom stereocenters. The first-order chi connectivity index (χ1) is 9.06. The quantitative estimate of drug-likeness (QED) is 0.816. The maximum Gasteiger partial charge on any atom is 0.491 e. The van der Waals surface area contributed by atoms with E-state index in [1.54, 1.807) is 6.07 Å². The Morgan fingerprint density at radius 2 is 1.84 bits per heavy atom. The fraction of sp³-hybridized carbons (Fsp3) is 0.0769. The summed E-state index contributed by atoms with van der Waals surface area (Å²) in [6.07, 6.45) is 0. The maximum absolute atomic E-state index is 13.2. The van der Waals surface area contributed by atoms with Crippen LogP contribution in [0.15, 0.2) is 42.5 Å². The predicted octanol–water partition coefficient (Wildman–Crippen LogP) is 1.22. The van der Waals surface area contributed by atoms with Crippen molar-refractivity contribution in [2.45, 2.75) is 6.61 Å². The van der Waals surface area contributed by atoms with Gasteiger partial charge in [0.2, 0.25) is 0 Å². The largest absolute Gasteiger partial charge is 0.491 e. The Labute approximate surface area is 109 Å². The molecule has 0 bridgehead atoms. The zero-order valence-electron chi connectivity index (χ0n) is 9.88. The molecule has 6 heteroatoms. The predicted molar refractivity (Wildman–Crippen MR) is 67.0 cm³/mol. The molecule has 19 heavy (non-hydrogen) atoms. The van der Waals surface area contributed by atoms with Crippen molar-refractivity contribution < 1.29 is 23.6 Å². The second-order valence-corrected chi connectivity index (χ2v) is 3.98. The Kier molecular flexibility index (Phi) is 4.14. The first-order valence-electron chi connectivity index (χ1n) is 5.59. The third-order valence-corrected chi connectivity index (χ3v) is 2.54. The first-order valence-corrected chi connectivity index (χ1v) is 5.59. The van der Waals surface area contributed by atoms with Gasteiger partial charge in [-0.1, -0.05) is 18.2 Å². The highest BCUT2D eigenvalue weighted by Crippen LogP contribution is 2.14. The molecule has 0 aliphatic rings. The summed E-state index contributed by atoms with van der Waals surface area (Å²) in [5.74, 6) is -0.775. The lowest BCUT2D eigenvalue weighted by Gasteiger charge is -2.08. The Morgan fingerprint density at radius 1 is 1.05 bits per heavy atom. The van der Waals surface area contributed by atoms with Crippen molar-refractivity contribution in [1.29, 1.82) is 0 Å². The molecule has 98 valence electrons. The van der Waals surface area contributed by atoms with Gasteiger partial charge in [0.15, 0.2) is 0 Å². The van der Waals surface area contributed by atoms with Gasteiger partial charge in [-0.15, -0.1) is 0 Å². The molecular formula is C13H11BF2O3. The van der Waals surface area contributed by atoms with Crippen LogP contribution in [0.2, 0.25) is 0 Å². The molecule has 0 spiro atoms. The minimum Gasteiger partial charge on any atom is -0.489 e. The van der Waals surface area contributed by atoms with Gasteiger partial charge in [0, 0.05) is 11.5 Å². The van der Waals surface area contributed by atoms with Gasteiger partial charge in [0.1, 0.15) is 24.0 Å². The van der Waals surface area contributed by atoms with Crippen LogP contribution in [0.1, 0.15) is 5.56 Å². The van der Waals surface area contributed by atoms with Gasteiger partial charge in [0.25, 0.3) is 0 Å². The maximum atomic E-state index is 13.2. The molecule has 0 saturated heterocycles. The van der Waals surface area contributed by atoms with Gasteiger partial charge < -0.3 is 14.8 Å². The van der Waals surface area contributed by atoms with Crippen LogP contribution in [0.25, 0.3) is 0 Å². The zero-order chi connectivity index (χ0) is 13.8. The summed E-state index contributed by atoms with van der Waals surface area (Å²) in [5, 5.41) is 18.0. The van der Waals surface area contributed by atoms with Crippen molar-refractivity contribution >= 4 is 12.6 Å². The van der Waals surface area contributed by atoms with Gasteiger partial charge in [-0.05, 0) is 23.8 Å². The van der Waals surface area contributed by atoms with Crippen molar-refractivity contribution in [2.24, 2.45) is 0 Å². The normalized spacial score (nSPS) is 10.3. The minimum atomic E-state index is -1.88. The molecule has 0 amide bonds. The molecular weight excluding hydrogens is 253 g/mol. The average Bonchev–Trinajstić information content (AvgIpc) is 2.37. The number of halogens is 2. The van der Waals surface area contributed by atoms with Crippen LogP contribution in [-0.4, -0.2) is 17.2 Å². The SMILES string of the molecule is OB(O)c1cc(COc2cccc(F)c2)ccc1F. The van der Waals surface area contributed by atoms with E-state index in [9.17, 15) is 8.78 Å². The van der Waals surface area contributed by atoms with Crippen LogP contribution in [0, 0.1) is 11.6 Å². The lowest BCUT2D eigenvalue weighted by Crippen LogP contribution is -2.33. The summed E-state index contributed by atoms with van der Waals surface area (Å²) in [6, 6.07) is 9.50. The van der Waals surface area contributed by atoms with Gasteiger partial charge in [0.05, 0.1) is 0 Å². The van der Waals surface area contributed by atoms with Crippen molar-refractivity contribution in [3.05, 3.63) is 59.7 Å². The fourth-order valence-corrected chi connectivity index (χ4v) is 1.60. The molecule has 0 fully saturated rings. The van der Waals surface area contributed by atoms with Gasteiger partial charge >= 0.3 is 7.12 Å². The summed E-state index contributed by atoms with van der Waals surface area (Å²) < 4.78 is 31.5.